The summed E-state index contributed by atoms with van der Waals surface area (Å²) in [6, 6.07) is 24.0. The lowest BCUT2D eigenvalue weighted by Gasteiger charge is -2.34. The second kappa shape index (κ2) is 16.2. The van der Waals surface area contributed by atoms with Crippen LogP contribution in [0.4, 0.5) is 14.5 Å². The summed E-state index contributed by atoms with van der Waals surface area (Å²) in [4.78, 5) is 29.5. The molecular weight excluding hydrogens is 624 g/mol. The van der Waals surface area contributed by atoms with Gasteiger partial charge in [-0.2, -0.15) is 0 Å². The highest BCUT2D eigenvalue weighted by Crippen LogP contribution is 2.27. The summed E-state index contributed by atoms with van der Waals surface area (Å²) in [5.41, 5.74) is 1.38. The predicted octanol–water partition coefficient (Wildman–Crippen LogP) is 6.11. The number of carbonyl (C=O) groups excluding carboxylic acids is 2. The molecule has 1 N–H and O–H groups in total. The Morgan fingerprint density at radius 3 is 1.98 bits per heavy atom. The molecule has 0 saturated carbocycles. The van der Waals surface area contributed by atoms with Gasteiger partial charge < -0.3 is 15.0 Å². The summed E-state index contributed by atoms with van der Waals surface area (Å²) < 4.78 is 62.4. The van der Waals surface area contributed by atoms with Crippen LogP contribution in [-0.4, -0.2) is 50.4 Å². The lowest BCUT2D eigenvalue weighted by molar-refractivity contribution is -0.140. The lowest BCUT2D eigenvalue weighted by Crippen LogP contribution is -2.54. The smallest absolute Gasteiger partial charge is 0.264 e. The first-order valence-electron chi connectivity index (χ1n) is 15.4. The molecule has 0 aliphatic carbocycles. The first kappa shape index (κ1) is 35.1. The number of ether oxygens (including phenoxy) is 1. The van der Waals surface area contributed by atoms with Gasteiger partial charge in [-0.05, 0) is 92.1 Å². The molecule has 2 amide bonds. The number of amides is 2. The quantitative estimate of drug-likeness (QED) is 0.166. The number of nitrogens with zero attached hydrogens (tertiary/aromatic N) is 2. The van der Waals surface area contributed by atoms with Gasteiger partial charge >= 0.3 is 0 Å². The molecule has 4 rings (SSSR count). The fourth-order valence-electron chi connectivity index (χ4n) is 4.92. The third-order valence-corrected chi connectivity index (χ3v) is 9.44. The highest BCUT2D eigenvalue weighted by Gasteiger charge is 2.35. The van der Waals surface area contributed by atoms with Gasteiger partial charge in [0.15, 0.2) is 0 Å². The Morgan fingerprint density at radius 2 is 1.40 bits per heavy atom. The second-order valence-corrected chi connectivity index (χ2v) is 12.9. The minimum atomic E-state index is -4.38. The standard InChI is InChI=1S/C36H39F2N3O5S/c1-4-26(3)39-36(43)34(23-27-9-7-6-8-10-27)40(24-28-11-13-29(37)14-12-28)35(42)25-41(31-17-15-30(38)16-18-31)47(44,45)33-21-19-32(20-22-33)46-5-2/h6-22,26,34H,4-5,23-25H2,1-3H3,(H,39,43)/t26-,34-/m1/s1. The van der Waals surface area contributed by atoms with Crippen LogP contribution in [0.15, 0.2) is 108 Å². The molecule has 4 aromatic carbocycles. The third kappa shape index (κ3) is 9.38. The van der Waals surface area contributed by atoms with Gasteiger partial charge in [0, 0.05) is 19.0 Å². The zero-order chi connectivity index (χ0) is 34.0. The topological polar surface area (TPSA) is 96.0 Å². The van der Waals surface area contributed by atoms with Crippen LogP contribution in [0.1, 0.15) is 38.3 Å². The molecule has 11 heteroatoms. The Balaban J connectivity index is 1.79. The molecule has 248 valence electrons. The van der Waals surface area contributed by atoms with Gasteiger partial charge in [-0.1, -0.05) is 49.4 Å². The molecule has 0 aliphatic rings. The fraction of sp³-hybridized carbons (Fsp3) is 0.278. The Morgan fingerprint density at radius 1 is 0.809 bits per heavy atom. The Hall–Kier alpha value is -4.77. The first-order chi connectivity index (χ1) is 22.5. The predicted molar refractivity (Wildman–Crippen MR) is 177 cm³/mol. The Bertz CT molecular complexity index is 1720. The molecule has 2 atom stereocenters. The summed E-state index contributed by atoms with van der Waals surface area (Å²) in [6.07, 6.45) is 0.784. The van der Waals surface area contributed by atoms with Crippen LogP contribution in [0.25, 0.3) is 0 Å². The number of halogens is 2. The van der Waals surface area contributed by atoms with Crippen molar-refractivity contribution < 1.29 is 31.5 Å². The van der Waals surface area contributed by atoms with Crippen molar-refractivity contribution >= 4 is 27.5 Å². The van der Waals surface area contributed by atoms with E-state index in [2.05, 4.69) is 5.32 Å². The van der Waals surface area contributed by atoms with Crippen molar-refractivity contribution in [3.05, 3.63) is 126 Å². The molecule has 0 aliphatic heterocycles. The normalized spacial score (nSPS) is 12.5. The number of nitrogens with one attached hydrogen (secondary N) is 1. The van der Waals surface area contributed by atoms with Gasteiger partial charge in [0.2, 0.25) is 11.8 Å². The van der Waals surface area contributed by atoms with Crippen molar-refractivity contribution in [1.82, 2.24) is 10.2 Å². The maximum absolute atomic E-state index is 14.4. The SMILES string of the molecule is CCOc1ccc(S(=O)(=O)N(CC(=O)N(Cc2ccc(F)cc2)[C@H](Cc2ccccc2)C(=O)N[C@H](C)CC)c2ccc(F)cc2)cc1. The van der Waals surface area contributed by atoms with Crippen LogP contribution in [0.3, 0.4) is 0 Å². The van der Waals surface area contributed by atoms with E-state index in [1.807, 2.05) is 44.2 Å². The molecule has 4 aromatic rings. The van der Waals surface area contributed by atoms with Gasteiger partial charge in [-0.25, -0.2) is 17.2 Å². The molecule has 0 bridgehead atoms. The summed E-state index contributed by atoms with van der Waals surface area (Å²) in [6.45, 7) is 5.16. The maximum Gasteiger partial charge on any atom is 0.264 e. The van der Waals surface area contributed by atoms with Crippen molar-refractivity contribution in [3.63, 3.8) is 0 Å². The highest BCUT2D eigenvalue weighted by molar-refractivity contribution is 7.92. The molecule has 0 radical (unpaired) electrons. The largest absolute Gasteiger partial charge is 0.494 e. The maximum atomic E-state index is 14.4. The average molecular weight is 664 g/mol. The molecule has 0 fully saturated rings. The van der Waals surface area contributed by atoms with Crippen LogP contribution in [-0.2, 0) is 32.6 Å². The van der Waals surface area contributed by atoms with Crippen molar-refractivity contribution in [2.75, 3.05) is 17.5 Å². The van der Waals surface area contributed by atoms with Crippen LogP contribution >= 0.6 is 0 Å². The Kier molecular flexibility index (Phi) is 12.1. The molecule has 0 heterocycles. The zero-order valence-electron chi connectivity index (χ0n) is 26.6. The fourth-order valence-corrected chi connectivity index (χ4v) is 6.33. The number of benzene rings is 4. The van der Waals surface area contributed by atoms with E-state index in [9.17, 15) is 26.8 Å². The van der Waals surface area contributed by atoms with E-state index in [-0.39, 0.29) is 29.6 Å². The van der Waals surface area contributed by atoms with Gasteiger partial charge in [0.25, 0.3) is 10.0 Å². The number of hydrogen-bond acceptors (Lipinski definition) is 5. The molecule has 0 saturated heterocycles. The molecule has 0 unspecified atom stereocenters. The minimum absolute atomic E-state index is 0.0547. The van der Waals surface area contributed by atoms with Gasteiger partial charge in [-0.15, -0.1) is 0 Å². The van der Waals surface area contributed by atoms with E-state index >= 15 is 0 Å². The molecule has 0 spiro atoms. The van der Waals surface area contributed by atoms with Crippen molar-refractivity contribution in [1.29, 1.82) is 0 Å². The van der Waals surface area contributed by atoms with Crippen LogP contribution in [0.2, 0.25) is 0 Å². The Labute approximate surface area is 275 Å². The molecule has 47 heavy (non-hydrogen) atoms. The lowest BCUT2D eigenvalue weighted by atomic mass is 10.0. The van der Waals surface area contributed by atoms with E-state index in [1.165, 1.54) is 65.6 Å². The van der Waals surface area contributed by atoms with E-state index in [0.717, 1.165) is 22.0 Å². The van der Waals surface area contributed by atoms with Gasteiger partial charge in [-0.3, -0.25) is 13.9 Å². The van der Waals surface area contributed by atoms with E-state index in [0.29, 0.717) is 24.3 Å². The van der Waals surface area contributed by atoms with Gasteiger partial charge in [0.1, 0.15) is 30.0 Å². The van der Waals surface area contributed by atoms with Crippen LogP contribution in [0.5, 0.6) is 5.75 Å². The number of anilines is 1. The van der Waals surface area contributed by atoms with E-state index < -0.39 is 46.1 Å². The molecular formula is C36H39F2N3O5S. The highest BCUT2D eigenvalue weighted by atomic mass is 32.2. The average Bonchev–Trinajstić information content (AvgIpc) is 3.07. The molecule has 8 nitrogen and oxygen atoms in total. The number of hydrogen-bond donors (Lipinski definition) is 1. The number of rotatable bonds is 15. The van der Waals surface area contributed by atoms with E-state index in [1.54, 1.807) is 6.92 Å². The molecule has 0 aromatic heterocycles. The van der Waals surface area contributed by atoms with E-state index in [4.69, 9.17) is 4.74 Å². The minimum Gasteiger partial charge on any atom is -0.494 e. The summed E-state index contributed by atoms with van der Waals surface area (Å²) in [5, 5.41) is 2.96. The van der Waals surface area contributed by atoms with Crippen LogP contribution in [0, 0.1) is 11.6 Å². The number of sulfonamides is 1. The summed E-state index contributed by atoms with van der Waals surface area (Å²) in [7, 11) is -4.38. The second-order valence-electron chi connectivity index (χ2n) is 11.1. The van der Waals surface area contributed by atoms with Crippen molar-refractivity contribution in [3.8, 4) is 5.75 Å². The summed E-state index contributed by atoms with van der Waals surface area (Å²) >= 11 is 0. The van der Waals surface area contributed by atoms with Crippen molar-refractivity contribution in [2.24, 2.45) is 0 Å². The van der Waals surface area contributed by atoms with Gasteiger partial charge in [0.05, 0.1) is 17.2 Å². The van der Waals surface area contributed by atoms with Crippen LogP contribution < -0.4 is 14.4 Å². The monoisotopic (exact) mass is 663 g/mol. The first-order valence-corrected chi connectivity index (χ1v) is 16.8. The number of carbonyl (C=O) groups is 2. The van der Waals surface area contributed by atoms with Crippen molar-refractivity contribution in [2.45, 2.75) is 57.1 Å². The summed E-state index contributed by atoms with van der Waals surface area (Å²) in [5.74, 6) is -1.68. The third-order valence-electron chi connectivity index (χ3n) is 7.65. The zero-order valence-corrected chi connectivity index (χ0v) is 27.4.